The van der Waals surface area contributed by atoms with Crippen molar-refractivity contribution in [1.29, 1.82) is 0 Å². The Balaban J connectivity index is 1.63. The summed E-state index contributed by atoms with van der Waals surface area (Å²) in [5.74, 6) is 0.600. The molecule has 0 radical (unpaired) electrons. The predicted octanol–water partition coefficient (Wildman–Crippen LogP) is 0.181. The van der Waals surface area contributed by atoms with Crippen LogP contribution >= 0.6 is 0 Å². The van der Waals surface area contributed by atoms with Gasteiger partial charge >= 0.3 is 0 Å². The molecule has 9 heteroatoms. The minimum atomic E-state index is -1.04. The molecule has 2 fully saturated rings. The van der Waals surface area contributed by atoms with Gasteiger partial charge in [-0.2, -0.15) is 0 Å². The molecule has 0 unspecified atom stereocenters. The van der Waals surface area contributed by atoms with E-state index in [2.05, 4.69) is 20.3 Å². The minimum Gasteiger partial charge on any atom is -0.393 e. The Labute approximate surface area is 144 Å². The molecule has 0 amide bonds. The van der Waals surface area contributed by atoms with Crippen molar-refractivity contribution in [2.45, 2.75) is 69.3 Å². The first-order chi connectivity index (χ1) is 12.1. The zero-order valence-corrected chi connectivity index (χ0v) is 14.0. The number of aliphatic hydroxyl groups is 3. The maximum Gasteiger partial charge on any atom is 0.167 e. The summed E-state index contributed by atoms with van der Waals surface area (Å²) < 4.78 is 7.42. The van der Waals surface area contributed by atoms with Gasteiger partial charge in [0.1, 0.15) is 18.5 Å². The van der Waals surface area contributed by atoms with Gasteiger partial charge in [-0.1, -0.05) is 6.92 Å². The van der Waals surface area contributed by atoms with Crippen molar-refractivity contribution in [1.82, 2.24) is 19.5 Å². The fraction of sp³-hybridized carbons (Fsp3) is 0.688. The lowest BCUT2D eigenvalue weighted by Gasteiger charge is -2.17. The SMILES string of the molecule is CC[C@H]1O[C@@H](n2cnc3c(N[C@H]4CC[C@H](O)C4)ncnc32)[C@H](O)[C@@H]1O. The molecular formula is C16H23N5O4. The Morgan fingerprint density at radius 2 is 2.04 bits per heavy atom. The molecule has 2 aromatic rings. The molecular weight excluding hydrogens is 326 g/mol. The third-order valence-electron chi connectivity index (χ3n) is 5.12. The van der Waals surface area contributed by atoms with E-state index in [9.17, 15) is 15.3 Å². The van der Waals surface area contributed by atoms with Crippen molar-refractivity contribution in [3.63, 3.8) is 0 Å². The molecule has 25 heavy (non-hydrogen) atoms. The minimum absolute atomic E-state index is 0.151. The van der Waals surface area contributed by atoms with Crippen LogP contribution in [0.2, 0.25) is 0 Å². The van der Waals surface area contributed by atoms with Gasteiger partial charge in [0, 0.05) is 6.04 Å². The van der Waals surface area contributed by atoms with Crippen LogP contribution in [0.4, 0.5) is 5.82 Å². The third-order valence-corrected chi connectivity index (χ3v) is 5.12. The molecule has 0 spiro atoms. The smallest absolute Gasteiger partial charge is 0.167 e. The normalized spacial score (nSPS) is 35.5. The number of aliphatic hydroxyl groups excluding tert-OH is 3. The lowest BCUT2D eigenvalue weighted by Crippen LogP contribution is -2.31. The number of imidazole rings is 1. The summed E-state index contributed by atoms with van der Waals surface area (Å²) in [6.45, 7) is 1.90. The summed E-state index contributed by atoms with van der Waals surface area (Å²) in [5.41, 5.74) is 1.11. The highest BCUT2D eigenvalue weighted by atomic mass is 16.6. The number of anilines is 1. The molecule has 1 aliphatic heterocycles. The van der Waals surface area contributed by atoms with E-state index in [4.69, 9.17) is 4.74 Å². The maximum atomic E-state index is 10.3. The largest absolute Gasteiger partial charge is 0.393 e. The highest BCUT2D eigenvalue weighted by Crippen LogP contribution is 2.33. The summed E-state index contributed by atoms with van der Waals surface area (Å²) in [6, 6.07) is 0.151. The van der Waals surface area contributed by atoms with E-state index in [0.29, 0.717) is 29.8 Å². The summed E-state index contributed by atoms with van der Waals surface area (Å²) in [5, 5.41) is 33.4. The van der Waals surface area contributed by atoms with Gasteiger partial charge in [0.2, 0.25) is 0 Å². The van der Waals surface area contributed by atoms with Gasteiger partial charge in [0.15, 0.2) is 23.2 Å². The van der Waals surface area contributed by atoms with Crippen LogP contribution in [0.3, 0.4) is 0 Å². The number of aromatic nitrogens is 4. The van der Waals surface area contributed by atoms with Crippen LogP contribution < -0.4 is 5.32 Å². The van der Waals surface area contributed by atoms with Crippen molar-refractivity contribution in [3.8, 4) is 0 Å². The summed E-state index contributed by atoms with van der Waals surface area (Å²) >= 11 is 0. The number of fused-ring (bicyclic) bond motifs is 1. The number of nitrogens with one attached hydrogen (secondary N) is 1. The van der Waals surface area contributed by atoms with E-state index in [-0.39, 0.29) is 12.1 Å². The molecule has 1 saturated carbocycles. The molecule has 4 N–H and O–H groups in total. The third kappa shape index (κ3) is 2.86. The molecule has 1 saturated heterocycles. The van der Waals surface area contributed by atoms with E-state index < -0.39 is 24.5 Å². The fourth-order valence-electron chi connectivity index (χ4n) is 3.72. The summed E-state index contributed by atoms with van der Waals surface area (Å²) in [6.07, 6.45) is 2.51. The molecule has 136 valence electrons. The topological polar surface area (TPSA) is 126 Å². The lowest BCUT2D eigenvalue weighted by atomic mass is 10.1. The van der Waals surface area contributed by atoms with Gasteiger partial charge in [-0.05, 0) is 25.7 Å². The van der Waals surface area contributed by atoms with Crippen LogP contribution in [0.1, 0.15) is 38.8 Å². The highest BCUT2D eigenvalue weighted by molar-refractivity contribution is 5.82. The second-order valence-electron chi connectivity index (χ2n) is 6.81. The molecule has 1 aliphatic carbocycles. The number of hydrogen-bond donors (Lipinski definition) is 4. The Kier molecular flexibility index (Phi) is 4.32. The molecule has 3 heterocycles. The standard InChI is InChI=1S/C16H23N5O4/c1-2-10-12(23)13(24)16(25-10)21-7-19-11-14(17-6-18-15(11)21)20-8-3-4-9(22)5-8/h6-10,12-13,16,22-24H,2-5H2,1H3,(H,17,18,20)/t8-,9-,10+,12+,13+,16+/m0/s1. The fourth-order valence-corrected chi connectivity index (χ4v) is 3.72. The monoisotopic (exact) mass is 349 g/mol. The van der Waals surface area contributed by atoms with Crippen molar-refractivity contribution >= 4 is 17.0 Å². The summed E-state index contributed by atoms with van der Waals surface area (Å²) in [7, 11) is 0. The van der Waals surface area contributed by atoms with Gasteiger partial charge in [0.25, 0.3) is 0 Å². The Morgan fingerprint density at radius 1 is 1.20 bits per heavy atom. The quantitative estimate of drug-likeness (QED) is 0.616. The van der Waals surface area contributed by atoms with Gasteiger partial charge < -0.3 is 25.4 Å². The summed E-state index contributed by atoms with van der Waals surface area (Å²) in [4.78, 5) is 12.9. The van der Waals surface area contributed by atoms with Gasteiger partial charge in [-0.25, -0.2) is 15.0 Å². The van der Waals surface area contributed by atoms with E-state index in [1.54, 1.807) is 10.9 Å². The molecule has 0 aromatic carbocycles. The average Bonchev–Trinajstić information content (AvgIpc) is 3.28. The number of nitrogens with zero attached hydrogens (tertiary/aromatic N) is 4. The molecule has 2 aliphatic rings. The maximum absolute atomic E-state index is 10.3. The zero-order valence-electron chi connectivity index (χ0n) is 14.0. The van der Waals surface area contributed by atoms with Crippen molar-refractivity contribution in [2.24, 2.45) is 0 Å². The van der Waals surface area contributed by atoms with Crippen LogP contribution in [0, 0.1) is 0 Å². The van der Waals surface area contributed by atoms with Crippen molar-refractivity contribution in [2.75, 3.05) is 5.32 Å². The van der Waals surface area contributed by atoms with E-state index in [1.165, 1.54) is 6.33 Å². The second-order valence-corrected chi connectivity index (χ2v) is 6.81. The van der Waals surface area contributed by atoms with E-state index >= 15 is 0 Å². The molecule has 0 bridgehead atoms. The molecule has 6 atom stereocenters. The van der Waals surface area contributed by atoms with Crippen LogP contribution in [0.5, 0.6) is 0 Å². The first-order valence-corrected chi connectivity index (χ1v) is 8.72. The Hall–Kier alpha value is -1.81. The zero-order chi connectivity index (χ0) is 17.6. The lowest BCUT2D eigenvalue weighted by molar-refractivity contribution is -0.0355. The molecule has 4 rings (SSSR count). The van der Waals surface area contributed by atoms with Gasteiger partial charge in [0.05, 0.1) is 18.5 Å². The van der Waals surface area contributed by atoms with Gasteiger partial charge in [-0.15, -0.1) is 0 Å². The van der Waals surface area contributed by atoms with E-state index in [1.807, 2.05) is 6.92 Å². The Morgan fingerprint density at radius 3 is 2.72 bits per heavy atom. The van der Waals surface area contributed by atoms with Crippen molar-refractivity contribution in [3.05, 3.63) is 12.7 Å². The second kappa shape index (κ2) is 6.49. The van der Waals surface area contributed by atoms with Crippen LogP contribution in [0.15, 0.2) is 12.7 Å². The van der Waals surface area contributed by atoms with Gasteiger partial charge in [-0.3, -0.25) is 4.57 Å². The van der Waals surface area contributed by atoms with Crippen molar-refractivity contribution < 1.29 is 20.1 Å². The van der Waals surface area contributed by atoms with E-state index in [0.717, 1.165) is 12.8 Å². The first-order valence-electron chi connectivity index (χ1n) is 8.72. The number of hydrogen-bond acceptors (Lipinski definition) is 8. The van der Waals surface area contributed by atoms with Crippen LogP contribution in [-0.4, -0.2) is 65.3 Å². The molecule has 2 aromatic heterocycles. The molecule has 9 nitrogen and oxygen atoms in total. The predicted molar refractivity (Wildman–Crippen MR) is 88.8 cm³/mol. The number of ether oxygens (including phenoxy) is 1. The highest BCUT2D eigenvalue weighted by Gasteiger charge is 2.43. The van der Waals surface area contributed by atoms with Crippen LogP contribution in [0.25, 0.3) is 11.2 Å². The average molecular weight is 349 g/mol. The van der Waals surface area contributed by atoms with Crippen LogP contribution in [-0.2, 0) is 4.74 Å². The Bertz CT molecular complexity index is 753. The first kappa shape index (κ1) is 16.6. The number of rotatable bonds is 4.